The first-order valence-electron chi connectivity index (χ1n) is 8.03. The predicted octanol–water partition coefficient (Wildman–Crippen LogP) is 1.30. The van der Waals surface area contributed by atoms with Gasteiger partial charge in [-0.05, 0) is 11.5 Å². The average Bonchev–Trinajstić information content (AvgIpc) is 3.09. The van der Waals surface area contributed by atoms with Crippen molar-refractivity contribution in [2.75, 3.05) is 27.4 Å². The van der Waals surface area contributed by atoms with Crippen LogP contribution in [0.4, 0.5) is 0 Å². The number of ether oxygens (including phenoxy) is 2. The Hall–Kier alpha value is -3.00. The second-order valence-electron chi connectivity index (χ2n) is 5.91. The fourth-order valence-electron chi connectivity index (χ4n) is 2.87. The topological polar surface area (TPSA) is 99.1 Å². The van der Waals surface area contributed by atoms with Crippen molar-refractivity contribution < 1.29 is 23.9 Å². The number of hydrogen-bond donors (Lipinski definition) is 1. The number of carbonyl (C=O) groups excluding carboxylic acids is 2. The second kappa shape index (κ2) is 7.49. The first-order valence-corrected chi connectivity index (χ1v) is 8.03. The molecule has 1 aromatic heterocycles. The summed E-state index contributed by atoms with van der Waals surface area (Å²) in [5.41, 5.74) is -0.457. The van der Waals surface area contributed by atoms with Crippen LogP contribution in [-0.2, 0) is 19.1 Å². The zero-order valence-corrected chi connectivity index (χ0v) is 14.5. The molecule has 8 heteroatoms. The van der Waals surface area contributed by atoms with Gasteiger partial charge in [0, 0.05) is 25.1 Å². The molecular formula is C18H19N3O5. The lowest BCUT2D eigenvalue weighted by atomic mass is 9.98. The van der Waals surface area contributed by atoms with Crippen molar-refractivity contribution in [3.05, 3.63) is 42.2 Å². The highest BCUT2D eigenvalue weighted by molar-refractivity contribution is 6.06. The summed E-state index contributed by atoms with van der Waals surface area (Å²) in [6, 6.07) is 9.35. The molecule has 0 aliphatic carbocycles. The number of pyridine rings is 1. The lowest BCUT2D eigenvalue weighted by Crippen LogP contribution is -2.45. The molecule has 0 saturated heterocycles. The maximum Gasteiger partial charge on any atom is 0.355 e. The first kappa shape index (κ1) is 17.8. The average molecular weight is 357 g/mol. The summed E-state index contributed by atoms with van der Waals surface area (Å²) >= 11 is 0. The van der Waals surface area contributed by atoms with Crippen LogP contribution in [0.15, 0.2) is 41.7 Å². The van der Waals surface area contributed by atoms with Crippen LogP contribution in [0.2, 0.25) is 0 Å². The summed E-state index contributed by atoms with van der Waals surface area (Å²) in [4.78, 5) is 33.9. The van der Waals surface area contributed by atoms with Crippen molar-refractivity contribution in [3.63, 3.8) is 0 Å². The number of fused-ring (bicyclic) bond motifs is 1. The molecule has 0 fully saturated rings. The molecule has 26 heavy (non-hydrogen) atoms. The third kappa shape index (κ3) is 3.36. The van der Waals surface area contributed by atoms with Gasteiger partial charge in [0.05, 0.1) is 19.4 Å². The smallest absolute Gasteiger partial charge is 0.355 e. The number of aromatic nitrogens is 1. The minimum Gasteiger partial charge on any atom is -0.466 e. The van der Waals surface area contributed by atoms with Crippen LogP contribution in [-0.4, -0.2) is 55.5 Å². The summed E-state index contributed by atoms with van der Waals surface area (Å²) in [6.07, 6.45) is 1.77. The van der Waals surface area contributed by atoms with Gasteiger partial charge >= 0.3 is 5.97 Å². The number of oxime groups is 1. The summed E-state index contributed by atoms with van der Waals surface area (Å²) in [6.45, 7) is 0.137. The molecule has 1 unspecified atom stereocenters. The number of amides is 1. The van der Waals surface area contributed by atoms with Crippen molar-refractivity contribution in [1.82, 2.24) is 10.3 Å². The fraction of sp³-hybridized carbons (Fsp3) is 0.333. The predicted molar refractivity (Wildman–Crippen MR) is 93.8 cm³/mol. The zero-order valence-electron chi connectivity index (χ0n) is 14.5. The molecule has 3 rings (SSSR count). The van der Waals surface area contributed by atoms with Gasteiger partial charge < -0.3 is 19.6 Å². The number of esters is 1. The second-order valence-corrected chi connectivity index (χ2v) is 5.91. The van der Waals surface area contributed by atoms with Gasteiger partial charge in [-0.25, -0.2) is 4.79 Å². The third-order valence-corrected chi connectivity index (χ3v) is 4.12. The number of nitrogens with zero attached hydrogens (tertiary/aromatic N) is 2. The maximum atomic E-state index is 12.5. The Labute approximate surface area is 150 Å². The molecule has 2 aromatic rings. The van der Waals surface area contributed by atoms with Crippen LogP contribution in [0, 0.1) is 0 Å². The minimum atomic E-state index is -1.30. The van der Waals surface area contributed by atoms with E-state index in [2.05, 4.69) is 15.5 Å². The van der Waals surface area contributed by atoms with Crippen LogP contribution < -0.4 is 5.32 Å². The van der Waals surface area contributed by atoms with Gasteiger partial charge in [-0.15, -0.1) is 0 Å². The summed E-state index contributed by atoms with van der Waals surface area (Å²) < 4.78 is 9.81. The van der Waals surface area contributed by atoms with E-state index in [1.54, 1.807) is 6.20 Å². The Kier molecular flexibility index (Phi) is 5.13. The molecular weight excluding hydrogens is 338 g/mol. The van der Waals surface area contributed by atoms with E-state index >= 15 is 0 Å². The molecule has 0 radical (unpaired) electrons. The highest BCUT2D eigenvalue weighted by atomic mass is 16.7. The number of rotatable bonds is 6. The molecule has 2 heterocycles. The van der Waals surface area contributed by atoms with Crippen LogP contribution in [0.3, 0.4) is 0 Å². The third-order valence-electron chi connectivity index (χ3n) is 4.12. The van der Waals surface area contributed by atoms with Crippen molar-refractivity contribution in [3.8, 4) is 0 Å². The highest BCUT2D eigenvalue weighted by Gasteiger charge is 2.48. The maximum absolute atomic E-state index is 12.5. The molecule has 1 amide bonds. The molecule has 1 atom stereocenters. The van der Waals surface area contributed by atoms with Crippen molar-refractivity contribution in [2.45, 2.75) is 12.0 Å². The monoisotopic (exact) mass is 357 g/mol. The summed E-state index contributed by atoms with van der Waals surface area (Å²) in [5, 5.41) is 8.36. The van der Waals surface area contributed by atoms with Crippen LogP contribution in [0.5, 0.6) is 0 Å². The molecule has 0 bridgehead atoms. The summed E-state index contributed by atoms with van der Waals surface area (Å²) in [7, 11) is 2.73. The number of carbonyl (C=O) groups is 2. The number of benzene rings is 1. The number of methoxy groups -OCH3 is 2. The Bertz CT molecular complexity index is 862. The zero-order chi connectivity index (χ0) is 18.6. The van der Waals surface area contributed by atoms with E-state index in [0.29, 0.717) is 11.4 Å². The normalized spacial score (nSPS) is 18.9. The van der Waals surface area contributed by atoms with Crippen molar-refractivity contribution in [2.24, 2.45) is 5.16 Å². The molecule has 1 aromatic carbocycles. The van der Waals surface area contributed by atoms with Gasteiger partial charge in [0.25, 0.3) is 11.5 Å². The molecule has 8 nitrogen and oxygen atoms in total. The SMILES string of the molecule is COCC1(C(=O)OC)CC(CNC(=O)c2nccc3ccccc23)=NO1. The van der Waals surface area contributed by atoms with Crippen LogP contribution >= 0.6 is 0 Å². The quantitative estimate of drug-likeness (QED) is 0.783. The van der Waals surface area contributed by atoms with Gasteiger partial charge in [0.2, 0.25) is 0 Å². The van der Waals surface area contributed by atoms with Gasteiger partial charge in [-0.2, -0.15) is 0 Å². The van der Waals surface area contributed by atoms with Gasteiger partial charge in [-0.3, -0.25) is 9.78 Å². The van der Waals surface area contributed by atoms with E-state index in [1.165, 1.54) is 14.2 Å². The molecule has 0 saturated carbocycles. The first-order chi connectivity index (χ1) is 12.6. The van der Waals surface area contributed by atoms with E-state index in [9.17, 15) is 9.59 Å². The standard InChI is InChI=1S/C18H19N3O5/c1-24-11-18(17(23)25-2)9-13(21-26-18)10-20-16(22)15-14-6-4-3-5-12(14)7-8-19-15/h3-8H,9-11H2,1-2H3,(H,20,22). The van der Waals surface area contributed by atoms with Crippen LogP contribution in [0.25, 0.3) is 10.8 Å². The Morgan fingerprint density at radius 3 is 2.85 bits per heavy atom. The lowest BCUT2D eigenvalue weighted by Gasteiger charge is -2.22. The molecule has 1 aliphatic heterocycles. The van der Waals surface area contributed by atoms with Gasteiger partial charge in [0.15, 0.2) is 0 Å². The van der Waals surface area contributed by atoms with E-state index < -0.39 is 11.6 Å². The summed E-state index contributed by atoms with van der Waals surface area (Å²) in [5.74, 6) is -0.896. The van der Waals surface area contributed by atoms with Crippen molar-refractivity contribution >= 4 is 28.4 Å². The largest absolute Gasteiger partial charge is 0.466 e. The Balaban J connectivity index is 1.68. The molecule has 1 N–H and O–H groups in total. The molecule has 0 spiro atoms. The van der Waals surface area contributed by atoms with Gasteiger partial charge in [-0.1, -0.05) is 29.4 Å². The number of nitrogens with one attached hydrogen (secondary N) is 1. The Morgan fingerprint density at radius 2 is 2.08 bits per heavy atom. The van der Waals surface area contributed by atoms with E-state index in [4.69, 9.17) is 14.3 Å². The fourth-order valence-corrected chi connectivity index (χ4v) is 2.87. The van der Waals surface area contributed by atoms with Gasteiger partial charge in [0.1, 0.15) is 12.3 Å². The van der Waals surface area contributed by atoms with E-state index in [1.807, 2.05) is 30.3 Å². The van der Waals surface area contributed by atoms with Crippen LogP contribution in [0.1, 0.15) is 16.9 Å². The van der Waals surface area contributed by atoms with Crippen molar-refractivity contribution in [1.29, 1.82) is 0 Å². The lowest BCUT2D eigenvalue weighted by molar-refractivity contribution is -0.172. The molecule has 136 valence electrons. The Morgan fingerprint density at radius 1 is 1.27 bits per heavy atom. The van der Waals surface area contributed by atoms with E-state index in [0.717, 1.165) is 10.8 Å². The molecule has 1 aliphatic rings. The van der Waals surface area contributed by atoms with E-state index in [-0.39, 0.29) is 25.5 Å². The number of hydrogen-bond acceptors (Lipinski definition) is 7. The highest BCUT2D eigenvalue weighted by Crippen LogP contribution is 2.26. The minimum absolute atomic E-state index is 0.00545.